The lowest BCUT2D eigenvalue weighted by atomic mass is 9.33. The van der Waals surface area contributed by atoms with Crippen LogP contribution < -0.4 is 41.2 Å². The van der Waals surface area contributed by atoms with Crippen molar-refractivity contribution in [3.8, 4) is 0 Å². The third kappa shape index (κ3) is 8.30. The first-order valence-electron chi connectivity index (χ1n) is 32.0. The van der Waals surface area contributed by atoms with E-state index in [1.165, 1.54) is 140 Å². The number of rotatable bonds is 5. The molecule has 0 spiro atoms. The second-order valence-electron chi connectivity index (χ2n) is 32.6. The standard InChI is InChI=1S/C77H95BN4Si/c1-70(2,3)50-27-31-54(32-28-50)79-65-37-33-56(81-63-36-30-52(72(7,8)9)44-59(63)74(13)39-20-22-41-76(74,81)15)46-62(65)78-61-35-29-53(73(10,11)12)45-66(61)80(55-26-24-25-51(43-55)71(4,5)6)68-48-57(47-67(79)69(68)78)82-64-38-34-58(83(17,18)19)49-60(64)75(14)40-21-23-42-77(75,82)16/h24-38,43-49H,20-23,39-42H2,1-19H3. The van der Waals surface area contributed by atoms with Crippen LogP contribution in [0.15, 0.2) is 133 Å². The number of hydrogen-bond donors (Lipinski definition) is 0. The van der Waals surface area contributed by atoms with Gasteiger partial charge >= 0.3 is 0 Å². The molecule has 0 aromatic heterocycles. The van der Waals surface area contributed by atoms with Gasteiger partial charge in [-0.15, -0.1) is 0 Å². The summed E-state index contributed by atoms with van der Waals surface area (Å²) >= 11 is 0. The lowest BCUT2D eigenvalue weighted by Gasteiger charge is -2.51. The molecule has 7 aromatic rings. The second-order valence-corrected chi connectivity index (χ2v) is 37.7. The molecule has 7 aromatic carbocycles. The molecule has 4 heterocycles. The minimum atomic E-state index is -1.63. The van der Waals surface area contributed by atoms with Crippen LogP contribution in [0.2, 0.25) is 19.6 Å². The number of nitrogens with zero attached hydrogens (tertiary/aromatic N) is 4. The van der Waals surface area contributed by atoms with Crippen LogP contribution in [0.3, 0.4) is 0 Å². The fourth-order valence-corrected chi connectivity index (χ4v) is 17.9. The Morgan fingerprint density at radius 1 is 0.373 bits per heavy atom. The molecule has 0 amide bonds. The molecule has 2 aliphatic carbocycles. The molecule has 6 aliphatic rings. The minimum absolute atomic E-state index is 0.00707. The van der Waals surface area contributed by atoms with Crippen LogP contribution in [-0.4, -0.2) is 25.9 Å². The molecular weight excluding hydrogens is 1020 g/mol. The van der Waals surface area contributed by atoms with Crippen LogP contribution in [0.5, 0.6) is 0 Å². The van der Waals surface area contributed by atoms with Crippen LogP contribution in [-0.2, 0) is 32.5 Å². The highest BCUT2D eigenvalue weighted by Crippen LogP contribution is 2.64. The van der Waals surface area contributed by atoms with E-state index in [0.717, 1.165) is 12.8 Å². The SMILES string of the molecule is CC(C)(C)c1ccc(N2c3ccc(N4c5ccc(C(C)(C)C)cc5C5(C)CCCCC45C)cc3B3c4ccc(C(C)(C)C)cc4N(c4cccc(C(C)(C)C)c4)c4cc(N5c6ccc([Si](C)(C)C)cc6C6(C)CCCCC56C)cc2c43)cc1. The van der Waals surface area contributed by atoms with Crippen molar-refractivity contribution in [2.45, 2.75) is 225 Å². The largest absolute Gasteiger partial charge is 0.334 e. The highest BCUT2D eigenvalue weighted by molar-refractivity contribution is 7.00. The Labute approximate surface area is 502 Å². The summed E-state index contributed by atoms with van der Waals surface area (Å²) in [7, 11) is -1.63. The molecule has 0 radical (unpaired) electrons. The van der Waals surface area contributed by atoms with E-state index in [9.17, 15) is 0 Å². The molecule has 4 unspecified atom stereocenters. The predicted octanol–water partition coefficient (Wildman–Crippen LogP) is 19.0. The van der Waals surface area contributed by atoms with E-state index in [0.29, 0.717) is 0 Å². The third-order valence-electron chi connectivity index (χ3n) is 22.3. The molecule has 0 saturated heterocycles. The van der Waals surface area contributed by atoms with Crippen LogP contribution in [0.4, 0.5) is 56.9 Å². The average molecular weight is 1120 g/mol. The van der Waals surface area contributed by atoms with E-state index in [2.05, 4.69) is 283 Å². The molecule has 83 heavy (non-hydrogen) atoms. The Morgan fingerprint density at radius 3 is 1.42 bits per heavy atom. The van der Waals surface area contributed by atoms with Gasteiger partial charge in [-0.1, -0.05) is 208 Å². The van der Waals surface area contributed by atoms with Crippen molar-refractivity contribution in [2.75, 3.05) is 19.6 Å². The second kappa shape index (κ2) is 18.3. The molecule has 4 atom stereocenters. The van der Waals surface area contributed by atoms with E-state index in [-0.39, 0.29) is 50.3 Å². The van der Waals surface area contributed by atoms with Gasteiger partial charge in [-0.3, -0.25) is 0 Å². The number of fused-ring (bicyclic) bond motifs is 10. The summed E-state index contributed by atoms with van der Waals surface area (Å²) < 4.78 is 0. The minimum Gasteiger partial charge on any atom is -0.334 e. The topological polar surface area (TPSA) is 13.0 Å². The van der Waals surface area contributed by atoms with Gasteiger partial charge in [0.1, 0.15) is 0 Å². The Bertz CT molecular complexity index is 3780. The van der Waals surface area contributed by atoms with Crippen LogP contribution in [0.1, 0.15) is 196 Å². The summed E-state index contributed by atoms with van der Waals surface area (Å²) in [6.45, 7) is 46.4. The summed E-state index contributed by atoms with van der Waals surface area (Å²) in [5, 5.41) is 1.56. The summed E-state index contributed by atoms with van der Waals surface area (Å²) in [5.41, 5.74) is 25.2. The van der Waals surface area contributed by atoms with E-state index in [1.54, 1.807) is 10.8 Å². The maximum atomic E-state index is 2.86. The highest BCUT2D eigenvalue weighted by Gasteiger charge is 2.60. The van der Waals surface area contributed by atoms with Gasteiger partial charge in [0.05, 0.1) is 19.2 Å². The molecule has 6 heteroatoms. The van der Waals surface area contributed by atoms with E-state index < -0.39 is 8.07 Å². The molecular formula is C77H95BN4Si. The Hall–Kier alpha value is -5.98. The van der Waals surface area contributed by atoms with Gasteiger partial charge in [0.2, 0.25) is 0 Å². The molecule has 13 rings (SSSR count). The van der Waals surface area contributed by atoms with E-state index in [1.807, 2.05) is 0 Å². The van der Waals surface area contributed by atoms with Crippen molar-refractivity contribution in [3.63, 3.8) is 0 Å². The van der Waals surface area contributed by atoms with Gasteiger partial charge < -0.3 is 19.6 Å². The lowest BCUT2D eigenvalue weighted by molar-refractivity contribution is 0.195. The molecule has 2 saturated carbocycles. The first-order valence-corrected chi connectivity index (χ1v) is 35.5. The summed E-state index contributed by atoms with van der Waals surface area (Å²) in [5.74, 6) is 0. The molecule has 2 fully saturated rings. The number of anilines is 10. The van der Waals surface area contributed by atoms with Crippen LogP contribution in [0, 0.1) is 0 Å². The average Bonchev–Trinajstić information content (AvgIpc) is 1.89. The van der Waals surface area contributed by atoms with Crippen molar-refractivity contribution in [1.29, 1.82) is 0 Å². The molecule has 0 N–H and O–H groups in total. The smallest absolute Gasteiger partial charge is 0.252 e. The Balaban J connectivity index is 1.14. The molecule has 4 aliphatic heterocycles. The third-order valence-corrected chi connectivity index (χ3v) is 24.4. The molecule has 4 nitrogen and oxygen atoms in total. The van der Waals surface area contributed by atoms with Crippen molar-refractivity contribution in [2.24, 2.45) is 0 Å². The van der Waals surface area contributed by atoms with Gasteiger partial charge in [-0.05, 0) is 184 Å². The highest BCUT2D eigenvalue weighted by atomic mass is 28.3. The normalized spacial score (nSPS) is 23.8. The van der Waals surface area contributed by atoms with Crippen molar-refractivity contribution in [1.82, 2.24) is 0 Å². The van der Waals surface area contributed by atoms with Gasteiger partial charge in [0, 0.05) is 67.7 Å². The summed E-state index contributed by atoms with van der Waals surface area (Å²) in [6, 6.07) is 55.1. The predicted molar refractivity (Wildman–Crippen MR) is 364 cm³/mol. The molecule has 430 valence electrons. The molecule has 0 bridgehead atoms. The number of hydrogen-bond acceptors (Lipinski definition) is 4. The Morgan fingerprint density at radius 2 is 0.843 bits per heavy atom. The zero-order chi connectivity index (χ0) is 59.1. The number of benzene rings is 7. The fourth-order valence-electron chi connectivity index (χ4n) is 16.7. The van der Waals surface area contributed by atoms with Crippen LogP contribution >= 0.6 is 0 Å². The quantitative estimate of drug-likeness (QED) is 0.159. The van der Waals surface area contributed by atoms with Crippen molar-refractivity contribution >= 4 is 93.2 Å². The van der Waals surface area contributed by atoms with Crippen molar-refractivity contribution < 1.29 is 0 Å². The first kappa shape index (κ1) is 56.2. The van der Waals surface area contributed by atoms with Gasteiger partial charge in [0.15, 0.2) is 0 Å². The monoisotopic (exact) mass is 1110 g/mol. The van der Waals surface area contributed by atoms with Gasteiger partial charge in [-0.2, -0.15) is 0 Å². The summed E-state index contributed by atoms with van der Waals surface area (Å²) in [6.07, 6.45) is 9.67. The van der Waals surface area contributed by atoms with E-state index in [4.69, 9.17) is 0 Å². The lowest BCUT2D eigenvalue weighted by Crippen LogP contribution is -2.62. The first-order chi connectivity index (χ1) is 38.8. The maximum Gasteiger partial charge on any atom is 0.252 e. The van der Waals surface area contributed by atoms with Gasteiger partial charge in [0.25, 0.3) is 6.71 Å². The zero-order valence-electron chi connectivity index (χ0n) is 54.2. The van der Waals surface area contributed by atoms with Gasteiger partial charge in [-0.25, -0.2) is 0 Å². The zero-order valence-corrected chi connectivity index (χ0v) is 55.2. The Kier molecular flexibility index (Phi) is 12.4. The van der Waals surface area contributed by atoms with Crippen LogP contribution in [0.25, 0.3) is 0 Å². The summed E-state index contributed by atoms with van der Waals surface area (Å²) in [4.78, 5) is 11.1. The van der Waals surface area contributed by atoms with E-state index >= 15 is 0 Å². The van der Waals surface area contributed by atoms with Crippen molar-refractivity contribution in [3.05, 3.63) is 167 Å². The maximum absolute atomic E-state index is 2.86. The fraction of sp³-hybridized carbons (Fsp3) is 0.455.